The summed E-state index contributed by atoms with van der Waals surface area (Å²) in [6.45, 7) is 5.40. The van der Waals surface area contributed by atoms with Crippen molar-refractivity contribution in [2.24, 2.45) is 5.73 Å². The normalized spacial score (nSPS) is 23.6. The molecule has 2 aliphatic heterocycles. The zero-order chi connectivity index (χ0) is 18.6. The highest BCUT2D eigenvalue weighted by atomic mass is 16.2. The Morgan fingerprint density at radius 3 is 2.44 bits per heavy atom. The summed E-state index contributed by atoms with van der Waals surface area (Å²) in [5.41, 5.74) is 7.56. The maximum absolute atomic E-state index is 12.8. The lowest BCUT2D eigenvalue weighted by atomic mass is 9.95. The lowest BCUT2D eigenvalue weighted by Gasteiger charge is -2.35. The maximum atomic E-state index is 12.8. The number of carbonyl (C=O) groups is 1. The molecule has 6 nitrogen and oxygen atoms in total. The first-order valence-corrected chi connectivity index (χ1v) is 9.67. The van der Waals surface area contributed by atoms with Crippen molar-refractivity contribution < 1.29 is 4.79 Å². The molecule has 0 aliphatic carbocycles. The maximum Gasteiger partial charge on any atom is 0.236 e. The van der Waals surface area contributed by atoms with E-state index in [0.717, 1.165) is 38.5 Å². The zero-order valence-electron chi connectivity index (χ0n) is 15.6. The first-order valence-electron chi connectivity index (χ1n) is 9.67. The van der Waals surface area contributed by atoms with E-state index in [4.69, 9.17) is 5.73 Å². The molecule has 0 radical (unpaired) electrons. The van der Waals surface area contributed by atoms with Crippen LogP contribution in [0.15, 0.2) is 54.7 Å². The van der Waals surface area contributed by atoms with Crippen molar-refractivity contribution in [2.75, 3.05) is 50.7 Å². The number of piperazine rings is 1. The summed E-state index contributed by atoms with van der Waals surface area (Å²) < 4.78 is 0. The van der Waals surface area contributed by atoms with E-state index in [0.29, 0.717) is 13.1 Å². The van der Waals surface area contributed by atoms with E-state index < -0.39 is 0 Å². The van der Waals surface area contributed by atoms with E-state index in [9.17, 15) is 4.79 Å². The minimum Gasteiger partial charge on any atom is -0.354 e. The molecular weight excluding hydrogens is 338 g/mol. The molecule has 6 heteroatoms. The number of hydrogen-bond donors (Lipinski definition) is 1. The molecule has 0 unspecified atom stereocenters. The van der Waals surface area contributed by atoms with Gasteiger partial charge in [-0.25, -0.2) is 4.98 Å². The molecular formula is C21H27N5O. The Hall–Kier alpha value is -2.44. The molecule has 27 heavy (non-hydrogen) atoms. The number of hydrogen-bond acceptors (Lipinski definition) is 5. The Morgan fingerprint density at radius 1 is 1.00 bits per heavy atom. The highest BCUT2D eigenvalue weighted by Crippen LogP contribution is 2.26. The summed E-state index contributed by atoms with van der Waals surface area (Å²) in [6.07, 6.45) is 1.82. The Balaban J connectivity index is 1.29. The second-order valence-electron chi connectivity index (χ2n) is 7.43. The number of nitrogens with zero attached hydrogens (tertiary/aromatic N) is 4. The molecule has 0 spiro atoms. The summed E-state index contributed by atoms with van der Waals surface area (Å²) in [5, 5.41) is 0. The van der Waals surface area contributed by atoms with Crippen LogP contribution in [0.5, 0.6) is 0 Å². The molecule has 0 bridgehead atoms. The van der Waals surface area contributed by atoms with Crippen molar-refractivity contribution in [3.63, 3.8) is 0 Å². The Kier molecular flexibility index (Phi) is 5.36. The molecule has 3 heterocycles. The second kappa shape index (κ2) is 8.06. The Labute approximate surface area is 160 Å². The number of nitrogens with two attached hydrogens (primary N) is 1. The minimum absolute atomic E-state index is 0.0114. The fraction of sp³-hybridized carbons (Fsp3) is 0.429. The van der Waals surface area contributed by atoms with Gasteiger partial charge in [0.05, 0.1) is 6.54 Å². The summed E-state index contributed by atoms with van der Waals surface area (Å²) in [6, 6.07) is 16.3. The van der Waals surface area contributed by atoms with Crippen molar-refractivity contribution in [2.45, 2.75) is 12.0 Å². The summed E-state index contributed by atoms with van der Waals surface area (Å²) in [5.74, 6) is 1.44. The van der Waals surface area contributed by atoms with Gasteiger partial charge in [0.1, 0.15) is 5.82 Å². The third-order valence-electron chi connectivity index (χ3n) is 5.65. The van der Waals surface area contributed by atoms with Crippen LogP contribution in [-0.4, -0.2) is 72.5 Å². The largest absolute Gasteiger partial charge is 0.354 e. The number of carbonyl (C=O) groups excluding carboxylic acids is 1. The number of aromatic nitrogens is 1. The van der Waals surface area contributed by atoms with E-state index in [-0.39, 0.29) is 17.9 Å². The van der Waals surface area contributed by atoms with Gasteiger partial charge in [-0.05, 0) is 17.7 Å². The fourth-order valence-corrected chi connectivity index (χ4v) is 4.05. The van der Waals surface area contributed by atoms with Crippen molar-refractivity contribution in [1.29, 1.82) is 0 Å². The lowest BCUT2D eigenvalue weighted by molar-refractivity contribution is -0.131. The van der Waals surface area contributed by atoms with Gasteiger partial charge in [-0.15, -0.1) is 0 Å². The van der Waals surface area contributed by atoms with E-state index >= 15 is 0 Å². The number of likely N-dealkylation sites (tertiary alicyclic amines) is 1. The SMILES string of the molecule is N[C@@H]1CN(C(=O)CN2CCN(c3ccccn3)CC2)C[C@H]1c1ccccc1. The van der Waals surface area contributed by atoms with Gasteiger partial charge in [0.25, 0.3) is 0 Å². The fourth-order valence-electron chi connectivity index (χ4n) is 4.05. The van der Waals surface area contributed by atoms with Crippen LogP contribution < -0.4 is 10.6 Å². The van der Waals surface area contributed by atoms with Crippen LogP contribution in [0.1, 0.15) is 11.5 Å². The molecule has 0 saturated carbocycles. The van der Waals surface area contributed by atoms with Crippen LogP contribution in [0.4, 0.5) is 5.82 Å². The summed E-state index contributed by atoms with van der Waals surface area (Å²) in [4.78, 5) is 23.7. The van der Waals surface area contributed by atoms with Gasteiger partial charge in [-0.3, -0.25) is 9.69 Å². The van der Waals surface area contributed by atoms with Crippen LogP contribution in [0.2, 0.25) is 0 Å². The first kappa shape index (κ1) is 17.9. The number of benzene rings is 1. The van der Waals surface area contributed by atoms with E-state index in [1.807, 2.05) is 47.5 Å². The van der Waals surface area contributed by atoms with E-state index in [2.05, 4.69) is 26.9 Å². The van der Waals surface area contributed by atoms with Crippen molar-refractivity contribution in [3.05, 3.63) is 60.3 Å². The van der Waals surface area contributed by atoms with Crippen LogP contribution in [-0.2, 0) is 4.79 Å². The monoisotopic (exact) mass is 365 g/mol. The van der Waals surface area contributed by atoms with Gasteiger partial charge in [-0.1, -0.05) is 36.4 Å². The molecule has 2 saturated heterocycles. The molecule has 2 aromatic rings. The van der Waals surface area contributed by atoms with Crippen LogP contribution in [0, 0.1) is 0 Å². The smallest absolute Gasteiger partial charge is 0.236 e. The number of rotatable bonds is 4. The van der Waals surface area contributed by atoms with Gasteiger partial charge in [0.2, 0.25) is 5.91 Å². The molecule has 2 aliphatic rings. The summed E-state index contributed by atoms with van der Waals surface area (Å²) >= 11 is 0. The van der Waals surface area contributed by atoms with Crippen LogP contribution in [0.3, 0.4) is 0 Å². The second-order valence-corrected chi connectivity index (χ2v) is 7.43. The molecule has 142 valence electrons. The molecule has 1 aromatic heterocycles. The van der Waals surface area contributed by atoms with Crippen molar-refractivity contribution in [1.82, 2.24) is 14.8 Å². The average molecular weight is 365 g/mol. The number of amides is 1. The number of anilines is 1. The minimum atomic E-state index is 0.0114. The van der Waals surface area contributed by atoms with Crippen molar-refractivity contribution in [3.8, 4) is 0 Å². The highest BCUT2D eigenvalue weighted by molar-refractivity contribution is 5.79. The standard InChI is InChI=1S/C21H27N5O/c22-19-15-26(14-18(19)17-6-2-1-3-7-17)21(27)16-24-10-12-25(13-11-24)20-8-4-5-9-23-20/h1-9,18-19H,10-16,22H2/t18-,19+/m0/s1. The molecule has 2 atom stereocenters. The van der Waals surface area contributed by atoms with Gasteiger partial charge in [-0.2, -0.15) is 0 Å². The molecule has 4 rings (SSSR count). The third kappa shape index (κ3) is 4.12. The average Bonchev–Trinajstić information content (AvgIpc) is 3.12. The molecule has 2 N–H and O–H groups in total. The van der Waals surface area contributed by atoms with Gasteiger partial charge in [0.15, 0.2) is 0 Å². The van der Waals surface area contributed by atoms with Gasteiger partial charge in [0, 0.05) is 57.4 Å². The predicted molar refractivity (Wildman–Crippen MR) is 107 cm³/mol. The summed E-state index contributed by atoms with van der Waals surface area (Å²) in [7, 11) is 0. The van der Waals surface area contributed by atoms with E-state index in [1.54, 1.807) is 0 Å². The van der Waals surface area contributed by atoms with Gasteiger partial charge < -0.3 is 15.5 Å². The third-order valence-corrected chi connectivity index (χ3v) is 5.65. The van der Waals surface area contributed by atoms with E-state index in [1.165, 1.54) is 5.56 Å². The Morgan fingerprint density at radius 2 is 1.74 bits per heavy atom. The highest BCUT2D eigenvalue weighted by Gasteiger charge is 2.34. The van der Waals surface area contributed by atoms with Crippen molar-refractivity contribution >= 4 is 11.7 Å². The number of pyridine rings is 1. The quantitative estimate of drug-likeness (QED) is 0.881. The lowest BCUT2D eigenvalue weighted by Crippen LogP contribution is -2.50. The zero-order valence-corrected chi connectivity index (χ0v) is 15.6. The molecule has 2 fully saturated rings. The first-order chi connectivity index (χ1) is 13.2. The Bertz CT molecular complexity index is 746. The van der Waals surface area contributed by atoms with Crippen LogP contribution >= 0.6 is 0 Å². The topological polar surface area (TPSA) is 65.7 Å². The van der Waals surface area contributed by atoms with Crippen LogP contribution in [0.25, 0.3) is 0 Å². The molecule has 1 amide bonds. The van der Waals surface area contributed by atoms with Gasteiger partial charge >= 0.3 is 0 Å². The molecule has 1 aromatic carbocycles. The predicted octanol–water partition coefficient (Wildman–Crippen LogP) is 1.16.